The molecule has 1 aliphatic carbocycles. The van der Waals surface area contributed by atoms with Crippen LogP contribution in [0, 0.1) is 0 Å². The van der Waals surface area contributed by atoms with E-state index in [-0.39, 0.29) is 12.5 Å². The Morgan fingerprint density at radius 1 is 1.03 bits per heavy atom. The van der Waals surface area contributed by atoms with Gasteiger partial charge in [0.1, 0.15) is 6.54 Å². The maximum atomic E-state index is 13.5. The van der Waals surface area contributed by atoms with Crippen LogP contribution in [0.15, 0.2) is 63.7 Å². The summed E-state index contributed by atoms with van der Waals surface area (Å²) >= 11 is 0. The second-order valence-electron chi connectivity index (χ2n) is 8.27. The van der Waals surface area contributed by atoms with Crippen molar-refractivity contribution in [3.63, 3.8) is 0 Å². The maximum Gasteiger partial charge on any atom is 0.336 e. The molecule has 3 aromatic rings. The standard InChI is InChI=1S/C26H29N3O5/c1-33-22-13-12-19(16-23(22)34-2)29-25(31)20-10-6-7-11-21(20)28(26(29)32)17-24(30)27-15-14-18-8-4-3-5-9-18/h6-8,10-13,16H,3-5,9,14-15,17H2,1-2H3,(H,27,30). The van der Waals surface area contributed by atoms with Crippen molar-refractivity contribution in [3.8, 4) is 17.2 Å². The lowest BCUT2D eigenvalue weighted by Crippen LogP contribution is -2.42. The summed E-state index contributed by atoms with van der Waals surface area (Å²) in [5.74, 6) is 0.592. The first-order chi connectivity index (χ1) is 16.5. The summed E-state index contributed by atoms with van der Waals surface area (Å²) in [7, 11) is 2.99. The summed E-state index contributed by atoms with van der Waals surface area (Å²) in [6.45, 7) is 0.332. The van der Waals surface area contributed by atoms with Gasteiger partial charge in [-0.2, -0.15) is 0 Å². The molecule has 1 aliphatic rings. The summed E-state index contributed by atoms with van der Waals surface area (Å²) in [6.07, 6.45) is 7.66. The number of aromatic nitrogens is 2. The van der Waals surface area contributed by atoms with Gasteiger partial charge < -0.3 is 14.8 Å². The average Bonchev–Trinajstić information content (AvgIpc) is 2.87. The van der Waals surface area contributed by atoms with Crippen LogP contribution in [0.25, 0.3) is 16.6 Å². The number of amides is 1. The van der Waals surface area contributed by atoms with Gasteiger partial charge >= 0.3 is 5.69 Å². The lowest BCUT2D eigenvalue weighted by molar-refractivity contribution is -0.121. The highest BCUT2D eigenvalue weighted by Gasteiger charge is 2.18. The van der Waals surface area contributed by atoms with Gasteiger partial charge in [-0.15, -0.1) is 0 Å². The Hall–Kier alpha value is -3.81. The Bertz CT molecular complexity index is 1350. The van der Waals surface area contributed by atoms with Crippen LogP contribution in [0.2, 0.25) is 0 Å². The van der Waals surface area contributed by atoms with E-state index in [1.807, 2.05) is 0 Å². The highest BCUT2D eigenvalue weighted by Crippen LogP contribution is 2.28. The van der Waals surface area contributed by atoms with Gasteiger partial charge in [0.05, 0.1) is 30.8 Å². The number of carbonyl (C=O) groups excluding carboxylic acids is 1. The Labute approximate surface area is 197 Å². The van der Waals surface area contributed by atoms with Crippen LogP contribution < -0.4 is 26.0 Å². The third kappa shape index (κ3) is 4.76. The molecule has 0 aliphatic heterocycles. The monoisotopic (exact) mass is 463 g/mol. The molecule has 2 aromatic carbocycles. The molecule has 4 rings (SSSR count). The number of methoxy groups -OCH3 is 2. The fraction of sp³-hybridized carbons (Fsp3) is 0.346. The Kier molecular flexibility index (Phi) is 7.15. The fourth-order valence-corrected chi connectivity index (χ4v) is 4.36. The summed E-state index contributed by atoms with van der Waals surface area (Å²) in [5.41, 5.74) is 1.06. The van der Waals surface area contributed by atoms with Gasteiger partial charge in [-0.25, -0.2) is 9.36 Å². The summed E-state index contributed by atoms with van der Waals surface area (Å²) < 4.78 is 13.0. The molecular formula is C26H29N3O5. The van der Waals surface area contributed by atoms with Crippen LogP contribution >= 0.6 is 0 Å². The Morgan fingerprint density at radius 3 is 2.56 bits per heavy atom. The molecule has 1 aromatic heterocycles. The van der Waals surface area contributed by atoms with Crippen molar-refractivity contribution < 1.29 is 14.3 Å². The van der Waals surface area contributed by atoms with Crippen molar-refractivity contribution in [1.82, 2.24) is 14.5 Å². The second kappa shape index (κ2) is 10.4. The predicted molar refractivity (Wildman–Crippen MR) is 131 cm³/mol. The van der Waals surface area contributed by atoms with E-state index in [1.54, 1.807) is 42.5 Å². The zero-order valence-corrected chi connectivity index (χ0v) is 19.5. The molecule has 0 bridgehead atoms. The highest BCUT2D eigenvalue weighted by atomic mass is 16.5. The van der Waals surface area contributed by atoms with E-state index in [4.69, 9.17) is 9.47 Å². The van der Waals surface area contributed by atoms with Crippen LogP contribution in [-0.2, 0) is 11.3 Å². The zero-order chi connectivity index (χ0) is 24.1. The number of carbonyl (C=O) groups is 1. The average molecular weight is 464 g/mol. The van der Waals surface area contributed by atoms with Gasteiger partial charge in [0, 0.05) is 12.6 Å². The lowest BCUT2D eigenvalue weighted by atomic mass is 9.97. The van der Waals surface area contributed by atoms with Crippen LogP contribution in [0.3, 0.4) is 0 Å². The third-order valence-electron chi connectivity index (χ3n) is 6.13. The van der Waals surface area contributed by atoms with E-state index in [2.05, 4.69) is 11.4 Å². The largest absolute Gasteiger partial charge is 0.493 e. The van der Waals surface area contributed by atoms with E-state index in [0.29, 0.717) is 34.6 Å². The molecule has 1 amide bonds. The van der Waals surface area contributed by atoms with Crippen molar-refractivity contribution in [2.75, 3.05) is 20.8 Å². The number of hydrogen-bond donors (Lipinski definition) is 1. The number of fused-ring (bicyclic) bond motifs is 1. The van der Waals surface area contributed by atoms with E-state index in [9.17, 15) is 14.4 Å². The number of para-hydroxylation sites is 1. The van der Waals surface area contributed by atoms with Gasteiger partial charge in [0.25, 0.3) is 5.56 Å². The normalized spacial score (nSPS) is 13.4. The van der Waals surface area contributed by atoms with E-state index in [1.165, 1.54) is 37.2 Å². The van der Waals surface area contributed by atoms with Crippen molar-refractivity contribution in [2.24, 2.45) is 0 Å². The number of rotatable bonds is 8. The van der Waals surface area contributed by atoms with Gasteiger partial charge in [-0.1, -0.05) is 23.8 Å². The van der Waals surface area contributed by atoms with Gasteiger partial charge in [-0.05, 0) is 56.4 Å². The molecule has 0 saturated carbocycles. The number of nitrogens with zero attached hydrogens (tertiary/aromatic N) is 2. The molecule has 0 atom stereocenters. The smallest absolute Gasteiger partial charge is 0.336 e. The molecule has 0 unspecified atom stereocenters. The minimum Gasteiger partial charge on any atom is -0.493 e. The van der Waals surface area contributed by atoms with Crippen molar-refractivity contribution in [2.45, 2.75) is 38.6 Å². The fourth-order valence-electron chi connectivity index (χ4n) is 4.36. The number of ether oxygens (including phenoxy) is 2. The molecule has 0 fully saturated rings. The quantitative estimate of drug-likeness (QED) is 0.518. The third-order valence-corrected chi connectivity index (χ3v) is 6.13. The minimum absolute atomic E-state index is 0.189. The number of benzene rings is 2. The second-order valence-corrected chi connectivity index (χ2v) is 8.27. The predicted octanol–water partition coefficient (Wildman–Crippen LogP) is 3.18. The lowest BCUT2D eigenvalue weighted by Gasteiger charge is -2.16. The maximum absolute atomic E-state index is 13.5. The molecule has 1 heterocycles. The molecule has 0 saturated heterocycles. The number of allylic oxidation sites excluding steroid dienone is 1. The van der Waals surface area contributed by atoms with Crippen LogP contribution in [0.5, 0.6) is 11.5 Å². The van der Waals surface area contributed by atoms with Crippen molar-refractivity contribution in [1.29, 1.82) is 0 Å². The summed E-state index contributed by atoms with van der Waals surface area (Å²) in [6, 6.07) is 11.6. The van der Waals surface area contributed by atoms with E-state index >= 15 is 0 Å². The molecule has 34 heavy (non-hydrogen) atoms. The zero-order valence-electron chi connectivity index (χ0n) is 19.5. The summed E-state index contributed by atoms with van der Waals surface area (Å²) in [4.78, 5) is 39.5. The molecule has 8 heteroatoms. The van der Waals surface area contributed by atoms with Crippen LogP contribution in [-0.4, -0.2) is 35.8 Å². The van der Waals surface area contributed by atoms with Gasteiger partial charge in [0.15, 0.2) is 11.5 Å². The first-order valence-electron chi connectivity index (χ1n) is 11.4. The van der Waals surface area contributed by atoms with Crippen LogP contribution in [0.1, 0.15) is 32.1 Å². The minimum atomic E-state index is -0.596. The summed E-state index contributed by atoms with van der Waals surface area (Å²) in [5, 5.41) is 3.26. The molecule has 1 N–H and O–H groups in total. The first kappa shape index (κ1) is 23.4. The molecule has 8 nitrogen and oxygen atoms in total. The Morgan fingerprint density at radius 2 is 1.82 bits per heavy atom. The van der Waals surface area contributed by atoms with Gasteiger partial charge in [0.2, 0.25) is 5.91 Å². The van der Waals surface area contributed by atoms with Crippen LogP contribution in [0.4, 0.5) is 0 Å². The van der Waals surface area contributed by atoms with E-state index < -0.39 is 11.2 Å². The molecule has 0 spiro atoms. The van der Waals surface area contributed by atoms with Crippen molar-refractivity contribution >= 4 is 16.8 Å². The van der Waals surface area contributed by atoms with Crippen molar-refractivity contribution in [3.05, 3.63) is 75.0 Å². The molecule has 0 radical (unpaired) electrons. The first-order valence-corrected chi connectivity index (χ1v) is 11.4. The topological polar surface area (TPSA) is 91.6 Å². The SMILES string of the molecule is COc1ccc(-n2c(=O)c3ccccc3n(CC(=O)NCCC3=CCCCC3)c2=O)cc1OC. The van der Waals surface area contributed by atoms with E-state index in [0.717, 1.165) is 23.8 Å². The van der Waals surface area contributed by atoms with Gasteiger partial charge in [-0.3, -0.25) is 14.2 Å². The number of hydrogen-bond acceptors (Lipinski definition) is 5. The Balaban J connectivity index is 1.68. The molecule has 178 valence electrons. The number of nitrogens with one attached hydrogen (secondary N) is 1. The molecular weight excluding hydrogens is 434 g/mol. The highest BCUT2D eigenvalue weighted by molar-refractivity contribution is 5.82.